The van der Waals surface area contributed by atoms with Crippen LogP contribution in [0.5, 0.6) is 0 Å². The van der Waals surface area contributed by atoms with E-state index in [2.05, 4.69) is 40.3 Å². The summed E-state index contributed by atoms with van der Waals surface area (Å²) < 4.78 is 0. The minimum Gasteiger partial charge on any atom is -0.344 e. The predicted octanol–water partition coefficient (Wildman–Crippen LogP) is 3.78. The fourth-order valence-corrected chi connectivity index (χ4v) is 3.58. The zero-order valence-corrected chi connectivity index (χ0v) is 13.8. The van der Waals surface area contributed by atoms with Crippen LogP contribution in [-0.4, -0.2) is 27.3 Å². The number of hydrogen-bond donors (Lipinski definition) is 1. The highest BCUT2D eigenvalue weighted by Crippen LogP contribution is 2.30. The molecule has 4 nitrogen and oxygen atoms in total. The molecule has 1 aliphatic rings. The lowest BCUT2D eigenvalue weighted by molar-refractivity contribution is -0.131. The first-order chi connectivity index (χ1) is 11.7. The zero-order chi connectivity index (χ0) is 16.5. The van der Waals surface area contributed by atoms with Gasteiger partial charge in [-0.25, -0.2) is 4.98 Å². The van der Waals surface area contributed by atoms with E-state index in [-0.39, 0.29) is 11.9 Å². The first kappa shape index (κ1) is 14.9. The Morgan fingerprint density at radius 2 is 2.08 bits per heavy atom. The fourth-order valence-electron chi connectivity index (χ4n) is 3.58. The molecule has 1 aliphatic heterocycles. The molecule has 4 heteroatoms. The Morgan fingerprint density at radius 1 is 1.25 bits per heavy atom. The molecule has 0 aliphatic carbocycles. The normalized spacial score (nSPS) is 17.5. The van der Waals surface area contributed by atoms with Crippen molar-refractivity contribution in [3.8, 4) is 0 Å². The number of fused-ring (bicyclic) bond motifs is 1. The smallest absolute Gasteiger partial charge is 0.227 e. The SMILES string of the molecule is Cc1cnc(C2CCCN2C(=O)Cc2ccc3ccccc3c2)[nH]1. The van der Waals surface area contributed by atoms with Crippen LogP contribution >= 0.6 is 0 Å². The summed E-state index contributed by atoms with van der Waals surface area (Å²) in [5, 5.41) is 2.39. The quantitative estimate of drug-likeness (QED) is 0.799. The number of nitrogens with zero attached hydrogens (tertiary/aromatic N) is 2. The Labute approximate surface area is 141 Å². The van der Waals surface area contributed by atoms with Gasteiger partial charge in [-0.2, -0.15) is 0 Å². The van der Waals surface area contributed by atoms with Gasteiger partial charge in [0.05, 0.1) is 12.5 Å². The zero-order valence-electron chi connectivity index (χ0n) is 13.8. The molecule has 3 aromatic rings. The number of amides is 1. The summed E-state index contributed by atoms with van der Waals surface area (Å²) in [6.45, 7) is 2.81. The Morgan fingerprint density at radius 3 is 2.88 bits per heavy atom. The standard InChI is InChI=1S/C20H21N3O/c1-14-13-21-20(22-14)18-7-4-10-23(18)19(24)12-15-8-9-16-5-2-3-6-17(16)11-15/h2-3,5-6,8-9,11,13,18H,4,7,10,12H2,1H3,(H,21,22). The molecule has 0 spiro atoms. The molecule has 1 atom stereocenters. The third-order valence-electron chi connectivity index (χ3n) is 4.78. The van der Waals surface area contributed by atoms with E-state index in [9.17, 15) is 4.79 Å². The number of rotatable bonds is 3. The van der Waals surface area contributed by atoms with Gasteiger partial charge in [-0.3, -0.25) is 4.79 Å². The summed E-state index contributed by atoms with van der Waals surface area (Å²) in [4.78, 5) is 22.5. The molecule has 1 unspecified atom stereocenters. The van der Waals surface area contributed by atoms with Crippen LogP contribution in [0.2, 0.25) is 0 Å². The molecule has 0 radical (unpaired) electrons. The van der Waals surface area contributed by atoms with Gasteiger partial charge in [-0.15, -0.1) is 0 Å². The Balaban J connectivity index is 1.54. The lowest BCUT2D eigenvalue weighted by Crippen LogP contribution is -2.32. The van der Waals surface area contributed by atoms with Crippen LogP contribution in [-0.2, 0) is 11.2 Å². The number of carbonyl (C=O) groups excluding carboxylic acids is 1. The summed E-state index contributed by atoms with van der Waals surface area (Å²) in [7, 11) is 0. The second kappa shape index (κ2) is 6.11. The molecule has 24 heavy (non-hydrogen) atoms. The largest absolute Gasteiger partial charge is 0.344 e. The van der Waals surface area contributed by atoms with Crippen LogP contribution in [0.4, 0.5) is 0 Å². The molecular formula is C20H21N3O. The molecule has 1 fully saturated rings. The summed E-state index contributed by atoms with van der Waals surface area (Å²) in [5.74, 6) is 1.10. The minimum absolute atomic E-state index is 0.0895. The molecule has 1 aromatic heterocycles. The number of H-pyrrole nitrogens is 1. The average molecular weight is 319 g/mol. The van der Waals surface area contributed by atoms with Crippen molar-refractivity contribution in [3.63, 3.8) is 0 Å². The number of imidazole rings is 1. The molecule has 2 aromatic carbocycles. The molecule has 4 rings (SSSR count). The average Bonchev–Trinajstić information content (AvgIpc) is 3.23. The summed E-state index contributed by atoms with van der Waals surface area (Å²) in [6.07, 6.45) is 4.30. The van der Waals surface area contributed by atoms with Crippen LogP contribution in [0.1, 0.15) is 36.0 Å². The van der Waals surface area contributed by atoms with Gasteiger partial charge in [0.15, 0.2) is 0 Å². The molecule has 1 amide bonds. The van der Waals surface area contributed by atoms with Crippen molar-refractivity contribution in [2.75, 3.05) is 6.54 Å². The number of carbonyl (C=O) groups is 1. The maximum absolute atomic E-state index is 12.8. The number of aromatic amines is 1. The van der Waals surface area contributed by atoms with E-state index >= 15 is 0 Å². The van der Waals surface area contributed by atoms with Crippen LogP contribution in [0.25, 0.3) is 10.8 Å². The Hall–Kier alpha value is -2.62. The minimum atomic E-state index is 0.0895. The first-order valence-electron chi connectivity index (χ1n) is 8.49. The van der Waals surface area contributed by atoms with Crippen molar-refractivity contribution in [2.45, 2.75) is 32.2 Å². The second-order valence-electron chi connectivity index (χ2n) is 6.55. The third-order valence-corrected chi connectivity index (χ3v) is 4.78. The van der Waals surface area contributed by atoms with Gasteiger partial charge in [0.25, 0.3) is 0 Å². The van der Waals surface area contributed by atoms with Crippen molar-refractivity contribution in [2.24, 2.45) is 0 Å². The molecule has 2 heterocycles. The molecule has 0 bridgehead atoms. The summed E-state index contributed by atoms with van der Waals surface area (Å²) in [6, 6.07) is 14.6. The van der Waals surface area contributed by atoms with Gasteiger partial charge in [-0.1, -0.05) is 42.5 Å². The van der Waals surface area contributed by atoms with E-state index < -0.39 is 0 Å². The number of hydrogen-bond acceptors (Lipinski definition) is 2. The van der Waals surface area contributed by atoms with E-state index in [0.29, 0.717) is 6.42 Å². The lowest BCUT2D eigenvalue weighted by atomic mass is 10.0. The molecule has 1 saturated heterocycles. The lowest BCUT2D eigenvalue weighted by Gasteiger charge is -2.23. The highest BCUT2D eigenvalue weighted by Gasteiger charge is 2.31. The highest BCUT2D eigenvalue weighted by atomic mass is 16.2. The van der Waals surface area contributed by atoms with Gasteiger partial charge >= 0.3 is 0 Å². The van der Waals surface area contributed by atoms with Gasteiger partial charge in [0, 0.05) is 18.4 Å². The Bertz CT molecular complexity index is 883. The fraction of sp³-hybridized carbons (Fsp3) is 0.300. The predicted molar refractivity (Wildman–Crippen MR) is 94.7 cm³/mol. The van der Waals surface area contributed by atoms with E-state index in [1.807, 2.05) is 30.2 Å². The topological polar surface area (TPSA) is 49.0 Å². The molecule has 1 N–H and O–H groups in total. The molecule has 0 saturated carbocycles. The number of benzene rings is 2. The number of aromatic nitrogens is 2. The van der Waals surface area contributed by atoms with Crippen molar-refractivity contribution in [1.82, 2.24) is 14.9 Å². The van der Waals surface area contributed by atoms with Crippen LogP contribution in [0, 0.1) is 6.92 Å². The van der Waals surface area contributed by atoms with Crippen molar-refractivity contribution < 1.29 is 4.79 Å². The third kappa shape index (κ3) is 2.80. The molecular weight excluding hydrogens is 298 g/mol. The van der Waals surface area contributed by atoms with Gasteiger partial charge in [0.1, 0.15) is 5.82 Å². The summed E-state index contributed by atoms with van der Waals surface area (Å²) in [5.41, 5.74) is 2.11. The maximum atomic E-state index is 12.8. The van der Waals surface area contributed by atoms with Crippen molar-refractivity contribution >= 4 is 16.7 Å². The van der Waals surface area contributed by atoms with Gasteiger partial charge in [-0.05, 0) is 36.1 Å². The van der Waals surface area contributed by atoms with E-state index in [1.165, 1.54) is 10.8 Å². The van der Waals surface area contributed by atoms with E-state index in [1.54, 1.807) is 0 Å². The van der Waals surface area contributed by atoms with Crippen LogP contribution < -0.4 is 0 Å². The van der Waals surface area contributed by atoms with E-state index in [0.717, 1.165) is 36.5 Å². The van der Waals surface area contributed by atoms with Crippen molar-refractivity contribution in [1.29, 1.82) is 0 Å². The molecule has 122 valence electrons. The Kier molecular flexibility index (Phi) is 3.81. The van der Waals surface area contributed by atoms with Crippen molar-refractivity contribution in [3.05, 3.63) is 65.7 Å². The van der Waals surface area contributed by atoms with Gasteiger partial charge in [0.2, 0.25) is 5.91 Å². The second-order valence-corrected chi connectivity index (χ2v) is 6.55. The number of aryl methyl sites for hydroxylation is 1. The maximum Gasteiger partial charge on any atom is 0.227 e. The van der Waals surface area contributed by atoms with E-state index in [4.69, 9.17) is 0 Å². The number of likely N-dealkylation sites (tertiary alicyclic amines) is 1. The first-order valence-corrected chi connectivity index (χ1v) is 8.49. The van der Waals surface area contributed by atoms with Crippen LogP contribution in [0.3, 0.4) is 0 Å². The van der Waals surface area contributed by atoms with Gasteiger partial charge < -0.3 is 9.88 Å². The summed E-state index contributed by atoms with van der Waals surface area (Å²) >= 11 is 0. The van der Waals surface area contributed by atoms with Crippen LogP contribution in [0.15, 0.2) is 48.7 Å². The highest BCUT2D eigenvalue weighted by molar-refractivity contribution is 5.85. The number of nitrogens with one attached hydrogen (secondary N) is 1. The monoisotopic (exact) mass is 319 g/mol.